The molecule has 2 unspecified atom stereocenters. The highest BCUT2D eigenvalue weighted by atomic mass is 16.5. The van der Waals surface area contributed by atoms with Gasteiger partial charge in [-0.25, -0.2) is 0 Å². The molecule has 0 heterocycles. The molecule has 2 fully saturated rings. The maximum Gasteiger partial charge on any atom is 0.223 e. The molecule has 0 bridgehead atoms. The Hall–Kier alpha value is -0.610. The molecule has 1 amide bonds. The molecule has 2 rings (SSSR count). The highest BCUT2D eigenvalue weighted by molar-refractivity contribution is 5.79. The van der Waals surface area contributed by atoms with Crippen LogP contribution in [-0.4, -0.2) is 31.2 Å². The zero-order valence-electron chi connectivity index (χ0n) is 10.7. The molecule has 2 aliphatic carbocycles. The number of carbonyl (C=O) groups is 1. The lowest BCUT2D eigenvalue weighted by molar-refractivity contribution is -0.127. The van der Waals surface area contributed by atoms with Crippen LogP contribution in [0.2, 0.25) is 0 Å². The molecule has 3 N–H and O–H groups in total. The van der Waals surface area contributed by atoms with Gasteiger partial charge in [0.2, 0.25) is 5.91 Å². The number of ether oxygens (including phenoxy) is 1. The minimum absolute atomic E-state index is 0.0987. The summed E-state index contributed by atoms with van der Waals surface area (Å²) in [5.74, 6) is 0.316. The van der Waals surface area contributed by atoms with Crippen LogP contribution in [-0.2, 0) is 9.53 Å². The smallest absolute Gasteiger partial charge is 0.223 e. The first-order valence-electron chi connectivity index (χ1n) is 6.72. The van der Waals surface area contributed by atoms with E-state index >= 15 is 0 Å². The summed E-state index contributed by atoms with van der Waals surface area (Å²) in [6.45, 7) is 0.636. The van der Waals surface area contributed by atoms with Crippen molar-refractivity contribution >= 4 is 5.91 Å². The third kappa shape index (κ3) is 2.99. The first kappa shape index (κ1) is 12.8. The van der Waals surface area contributed by atoms with Crippen LogP contribution in [0.1, 0.15) is 44.9 Å². The van der Waals surface area contributed by atoms with E-state index in [1.165, 1.54) is 12.8 Å². The third-order valence-corrected chi connectivity index (χ3v) is 4.21. The second-order valence-corrected chi connectivity index (χ2v) is 5.68. The minimum Gasteiger partial charge on any atom is -0.382 e. The predicted molar refractivity (Wildman–Crippen MR) is 66.5 cm³/mol. The van der Waals surface area contributed by atoms with Crippen LogP contribution in [0.3, 0.4) is 0 Å². The van der Waals surface area contributed by atoms with Gasteiger partial charge in [-0.3, -0.25) is 4.79 Å². The number of carbonyl (C=O) groups excluding carboxylic acids is 1. The van der Waals surface area contributed by atoms with E-state index in [1.54, 1.807) is 7.11 Å². The van der Waals surface area contributed by atoms with Crippen molar-refractivity contribution in [2.75, 3.05) is 13.7 Å². The van der Waals surface area contributed by atoms with Crippen LogP contribution in [0.5, 0.6) is 0 Å². The van der Waals surface area contributed by atoms with Gasteiger partial charge in [-0.15, -0.1) is 0 Å². The SMILES string of the molecule is COCC1(NC(=O)C2CCC(N)C2)CCCC1. The first-order chi connectivity index (χ1) is 8.15. The molecule has 0 aromatic carbocycles. The fourth-order valence-electron chi connectivity index (χ4n) is 3.25. The fourth-order valence-corrected chi connectivity index (χ4v) is 3.25. The Balaban J connectivity index is 1.91. The van der Waals surface area contributed by atoms with E-state index < -0.39 is 0 Å². The van der Waals surface area contributed by atoms with Gasteiger partial charge >= 0.3 is 0 Å². The van der Waals surface area contributed by atoms with Gasteiger partial charge in [0.05, 0.1) is 12.1 Å². The molecule has 2 saturated carbocycles. The molecule has 4 heteroatoms. The Morgan fingerprint density at radius 3 is 2.65 bits per heavy atom. The van der Waals surface area contributed by atoms with Crippen molar-refractivity contribution in [3.8, 4) is 0 Å². The van der Waals surface area contributed by atoms with Gasteiger partial charge in [0, 0.05) is 19.1 Å². The maximum atomic E-state index is 12.2. The van der Waals surface area contributed by atoms with Crippen LogP contribution in [0.4, 0.5) is 0 Å². The zero-order valence-corrected chi connectivity index (χ0v) is 10.7. The Bertz CT molecular complexity index is 275. The van der Waals surface area contributed by atoms with E-state index in [4.69, 9.17) is 10.5 Å². The lowest BCUT2D eigenvalue weighted by Gasteiger charge is -2.30. The largest absolute Gasteiger partial charge is 0.382 e. The lowest BCUT2D eigenvalue weighted by atomic mass is 9.96. The van der Waals surface area contributed by atoms with E-state index in [-0.39, 0.29) is 23.4 Å². The maximum absolute atomic E-state index is 12.2. The van der Waals surface area contributed by atoms with Crippen molar-refractivity contribution in [2.24, 2.45) is 11.7 Å². The van der Waals surface area contributed by atoms with Crippen molar-refractivity contribution in [3.05, 3.63) is 0 Å². The molecule has 0 aromatic heterocycles. The lowest BCUT2D eigenvalue weighted by Crippen LogP contribution is -2.51. The van der Waals surface area contributed by atoms with E-state index in [9.17, 15) is 4.79 Å². The van der Waals surface area contributed by atoms with Gasteiger partial charge in [0.1, 0.15) is 0 Å². The summed E-state index contributed by atoms with van der Waals surface area (Å²) in [6.07, 6.45) is 7.23. The molecule has 17 heavy (non-hydrogen) atoms. The molecule has 2 aliphatic rings. The predicted octanol–water partition coefficient (Wildman–Crippen LogP) is 1.19. The molecule has 0 radical (unpaired) electrons. The Kier molecular flexibility index (Phi) is 4.05. The number of methoxy groups -OCH3 is 1. The molecular weight excluding hydrogens is 216 g/mol. The molecule has 2 atom stereocenters. The Morgan fingerprint density at radius 2 is 2.12 bits per heavy atom. The second-order valence-electron chi connectivity index (χ2n) is 5.68. The monoisotopic (exact) mass is 240 g/mol. The van der Waals surface area contributed by atoms with Crippen molar-refractivity contribution in [1.29, 1.82) is 0 Å². The highest BCUT2D eigenvalue weighted by Crippen LogP contribution is 2.32. The second kappa shape index (κ2) is 5.36. The van der Waals surface area contributed by atoms with Crippen LogP contribution >= 0.6 is 0 Å². The number of hydrogen-bond donors (Lipinski definition) is 2. The van der Waals surface area contributed by atoms with Crippen LogP contribution in [0, 0.1) is 5.92 Å². The standard InChI is InChI=1S/C13H24N2O2/c1-17-9-13(6-2-3-7-13)15-12(16)10-4-5-11(14)8-10/h10-11H,2-9,14H2,1H3,(H,15,16). The Morgan fingerprint density at radius 1 is 1.41 bits per heavy atom. The van der Waals surface area contributed by atoms with E-state index in [0.717, 1.165) is 32.1 Å². The normalized spacial score (nSPS) is 31.6. The van der Waals surface area contributed by atoms with Crippen molar-refractivity contribution in [2.45, 2.75) is 56.5 Å². The van der Waals surface area contributed by atoms with Crippen LogP contribution in [0.15, 0.2) is 0 Å². The highest BCUT2D eigenvalue weighted by Gasteiger charge is 2.38. The van der Waals surface area contributed by atoms with Crippen molar-refractivity contribution in [1.82, 2.24) is 5.32 Å². The average molecular weight is 240 g/mol. The fraction of sp³-hybridized carbons (Fsp3) is 0.923. The number of rotatable bonds is 4. The Labute approximate surface area is 103 Å². The van der Waals surface area contributed by atoms with Gasteiger partial charge in [-0.05, 0) is 32.1 Å². The molecule has 0 spiro atoms. The van der Waals surface area contributed by atoms with Crippen molar-refractivity contribution in [3.63, 3.8) is 0 Å². The number of nitrogens with one attached hydrogen (secondary N) is 1. The molecule has 4 nitrogen and oxygen atoms in total. The first-order valence-corrected chi connectivity index (χ1v) is 6.72. The summed E-state index contributed by atoms with van der Waals surface area (Å²) >= 11 is 0. The van der Waals surface area contributed by atoms with Gasteiger partial charge in [-0.2, -0.15) is 0 Å². The summed E-state index contributed by atoms with van der Waals surface area (Å²) in [6, 6.07) is 0.215. The number of hydrogen-bond acceptors (Lipinski definition) is 3. The molecule has 0 aromatic rings. The van der Waals surface area contributed by atoms with Crippen LogP contribution in [0.25, 0.3) is 0 Å². The zero-order chi connectivity index (χ0) is 12.3. The molecule has 0 saturated heterocycles. The minimum atomic E-state index is -0.0987. The summed E-state index contributed by atoms with van der Waals surface area (Å²) in [7, 11) is 1.71. The molecule has 0 aliphatic heterocycles. The summed E-state index contributed by atoms with van der Waals surface area (Å²) < 4.78 is 5.27. The summed E-state index contributed by atoms with van der Waals surface area (Å²) in [5, 5.41) is 3.24. The van der Waals surface area contributed by atoms with E-state index in [2.05, 4.69) is 5.32 Å². The number of nitrogens with two attached hydrogens (primary N) is 1. The average Bonchev–Trinajstić information content (AvgIpc) is 2.88. The van der Waals surface area contributed by atoms with Crippen molar-refractivity contribution < 1.29 is 9.53 Å². The third-order valence-electron chi connectivity index (χ3n) is 4.21. The summed E-state index contributed by atoms with van der Waals surface area (Å²) in [5.41, 5.74) is 5.76. The van der Waals surface area contributed by atoms with Gasteiger partial charge in [-0.1, -0.05) is 12.8 Å². The van der Waals surface area contributed by atoms with E-state index in [1.807, 2.05) is 0 Å². The van der Waals surface area contributed by atoms with Crippen LogP contribution < -0.4 is 11.1 Å². The summed E-state index contributed by atoms with van der Waals surface area (Å²) in [4.78, 5) is 12.2. The van der Waals surface area contributed by atoms with Gasteiger partial charge in [0.25, 0.3) is 0 Å². The molecular formula is C13H24N2O2. The van der Waals surface area contributed by atoms with E-state index in [0.29, 0.717) is 6.61 Å². The topological polar surface area (TPSA) is 64.3 Å². The number of amides is 1. The quantitative estimate of drug-likeness (QED) is 0.776. The van der Waals surface area contributed by atoms with Gasteiger partial charge in [0.15, 0.2) is 0 Å². The van der Waals surface area contributed by atoms with Gasteiger partial charge < -0.3 is 15.8 Å². The molecule has 98 valence electrons.